The summed E-state index contributed by atoms with van der Waals surface area (Å²) in [5.74, 6) is 0. The zero-order valence-electron chi connectivity index (χ0n) is 8.04. The van der Waals surface area contributed by atoms with Crippen LogP contribution >= 0.6 is 0 Å². The van der Waals surface area contributed by atoms with E-state index in [9.17, 15) is 0 Å². The summed E-state index contributed by atoms with van der Waals surface area (Å²) >= 11 is 0. The van der Waals surface area contributed by atoms with Gasteiger partial charge in [0.15, 0.2) is 9.76 Å². The Morgan fingerprint density at radius 2 is 2.17 bits per heavy atom. The summed E-state index contributed by atoms with van der Waals surface area (Å²) in [5, 5.41) is 0. The Morgan fingerprint density at radius 1 is 1.42 bits per heavy atom. The first-order chi connectivity index (χ1) is 5.81. The van der Waals surface area contributed by atoms with E-state index in [0.29, 0.717) is 0 Å². The van der Waals surface area contributed by atoms with Crippen LogP contribution in [0.3, 0.4) is 0 Å². The SMILES string of the molecule is [CH2]CCC(C)[SiH2]O[SiH2]O[SiH2]O[SiH3]. The molecule has 0 spiro atoms. The van der Waals surface area contributed by atoms with Crippen LogP contribution in [0.25, 0.3) is 0 Å². The van der Waals surface area contributed by atoms with Crippen LogP contribution in [-0.4, -0.2) is 40.3 Å². The Balaban J connectivity index is 2.97. The average molecular weight is 240 g/mol. The van der Waals surface area contributed by atoms with Crippen molar-refractivity contribution in [2.45, 2.75) is 25.3 Å². The highest BCUT2D eigenvalue weighted by molar-refractivity contribution is 6.45. The highest BCUT2D eigenvalue weighted by Crippen LogP contribution is 2.09. The second-order valence-corrected chi connectivity index (χ2v) is 10.6. The molecule has 0 aromatic heterocycles. The lowest BCUT2D eigenvalue weighted by atomic mass is 10.3. The summed E-state index contributed by atoms with van der Waals surface area (Å²) < 4.78 is 15.9. The number of rotatable bonds is 8. The van der Waals surface area contributed by atoms with E-state index in [1.807, 2.05) is 0 Å². The van der Waals surface area contributed by atoms with Crippen LogP contribution in [0.5, 0.6) is 0 Å². The van der Waals surface area contributed by atoms with Crippen molar-refractivity contribution in [3.05, 3.63) is 6.92 Å². The molecule has 1 radical (unpaired) electrons. The highest BCUT2D eigenvalue weighted by atomic mass is 28.4. The molecule has 0 rings (SSSR count). The Morgan fingerprint density at radius 3 is 2.75 bits per heavy atom. The van der Waals surface area contributed by atoms with Gasteiger partial charge in [0.1, 0.15) is 10.5 Å². The molecule has 0 bridgehead atoms. The molecule has 0 aliphatic carbocycles. The lowest BCUT2D eigenvalue weighted by Crippen LogP contribution is -2.14. The van der Waals surface area contributed by atoms with E-state index in [1.54, 1.807) is 0 Å². The van der Waals surface area contributed by atoms with Gasteiger partial charge in [-0.05, 0) is 5.54 Å². The van der Waals surface area contributed by atoms with Crippen molar-refractivity contribution in [2.24, 2.45) is 0 Å². The molecule has 3 nitrogen and oxygen atoms in total. The fourth-order valence-electron chi connectivity index (χ4n) is 0.857. The minimum atomic E-state index is -0.659. The van der Waals surface area contributed by atoms with Gasteiger partial charge in [0, 0.05) is 0 Å². The molecule has 1 unspecified atom stereocenters. The van der Waals surface area contributed by atoms with Gasteiger partial charge < -0.3 is 12.3 Å². The van der Waals surface area contributed by atoms with Gasteiger partial charge in [0.2, 0.25) is 0 Å². The first kappa shape index (κ1) is 12.7. The molecule has 0 aliphatic rings. The molecule has 12 heavy (non-hydrogen) atoms. The molecule has 0 aromatic rings. The molecule has 0 heterocycles. The summed E-state index contributed by atoms with van der Waals surface area (Å²) in [6.07, 6.45) is 2.23. The van der Waals surface area contributed by atoms with Gasteiger partial charge in [-0.1, -0.05) is 26.7 Å². The second kappa shape index (κ2) is 9.83. The third-order valence-corrected chi connectivity index (χ3v) is 6.33. The monoisotopic (exact) mass is 239 g/mol. The Kier molecular flexibility index (Phi) is 10.4. The maximum Gasteiger partial charge on any atom is 0.284 e. The molecule has 0 amide bonds. The van der Waals surface area contributed by atoms with E-state index in [1.165, 1.54) is 6.42 Å². The maximum absolute atomic E-state index is 5.55. The molecular formula is C5H19O3Si4. The first-order valence-corrected chi connectivity index (χ1v) is 8.77. The standard InChI is InChI=1S/C5H19O3Si4/c1-3-4-5(2)10-7-12-8-11-6-9/h5H,1,3-4,10-12H2,2,9H3. The van der Waals surface area contributed by atoms with Crippen LogP contribution in [0.15, 0.2) is 0 Å². The van der Waals surface area contributed by atoms with Gasteiger partial charge in [0.05, 0.1) is 0 Å². The molecule has 0 N–H and O–H groups in total. The van der Waals surface area contributed by atoms with Crippen molar-refractivity contribution in [1.29, 1.82) is 0 Å². The van der Waals surface area contributed by atoms with Gasteiger partial charge in [-0.3, -0.25) is 0 Å². The van der Waals surface area contributed by atoms with Crippen molar-refractivity contribution in [2.75, 3.05) is 0 Å². The second-order valence-electron chi connectivity index (χ2n) is 2.85. The predicted molar refractivity (Wildman–Crippen MR) is 62.8 cm³/mol. The smallest absolute Gasteiger partial charge is 0.284 e. The van der Waals surface area contributed by atoms with Gasteiger partial charge in [-0.15, -0.1) is 0 Å². The summed E-state index contributed by atoms with van der Waals surface area (Å²) in [4.78, 5) is 0. The van der Waals surface area contributed by atoms with Gasteiger partial charge in [-0.2, -0.15) is 0 Å². The summed E-state index contributed by atoms with van der Waals surface area (Å²) in [5.41, 5.74) is 0.761. The van der Waals surface area contributed by atoms with Gasteiger partial charge >= 0.3 is 0 Å². The summed E-state index contributed by atoms with van der Waals surface area (Å²) in [6, 6.07) is 0. The third kappa shape index (κ3) is 8.84. The van der Waals surface area contributed by atoms with Crippen molar-refractivity contribution in [3.8, 4) is 0 Å². The molecule has 0 fully saturated rings. The lowest BCUT2D eigenvalue weighted by molar-refractivity contribution is 0.434. The summed E-state index contributed by atoms with van der Waals surface area (Å²) in [7, 11) is -0.803. The van der Waals surface area contributed by atoms with Crippen molar-refractivity contribution >= 4 is 40.3 Å². The van der Waals surface area contributed by atoms with Crippen LogP contribution < -0.4 is 0 Å². The summed E-state index contributed by atoms with van der Waals surface area (Å²) in [6.45, 7) is 6.06. The van der Waals surface area contributed by atoms with Crippen LogP contribution in [-0.2, 0) is 12.3 Å². The molecule has 7 heteroatoms. The maximum atomic E-state index is 5.55. The molecule has 0 aliphatic heterocycles. The minimum absolute atomic E-state index is 0.329. The number of hydrogen-bond donors (Lipinski definition) is 0. The minimum Gasteiger partial charge on any atom is -0.449 e. The largest absolute Gasteiger partial charge is 0.449 e. The van der Waals surface area contributed by atoms with E-state index in [2.05, 4.69) is 13.8 Å². The van der Waals surface area contributed by atoms with Crippen LogP contribution in [0, 0.1) is 6.92 Å². The van der Waals surface area contributed by atoms with Crippen LogP contribution in [0.2, 0.25) is 5.54 Å². The Hall–Kier alpha value is 0.748. The van der Waals surface area contributed by atoms with E-state index < -0.39 is 20.0 Å². The normalized spacial score (nSPS) is 16.5. The van der Waals surface area contributed by atoms with E-state index in [-0.39, 0.29) is 9.76 Å². The lowest BCUT2D eigenvalue weighted by Gasteiger charge is -2.09. The van der Waals surface area contributed by atoms with E-state index in [0.717, 1.165) is 22.4 Å². The van der Waals surface area contributed by atoms with Gasteiger partial charge in [0.25, 0.3) is 20.0 Å². The Labute approximate surface area is 85.2 Å². The Bertz CT molecular complexity index is 94.8. The average Bonchev–Trinajstić information content (AvgIpc) is 2.05. The van der Waals surface area contributed by atoms with Crippen molar-refractivity contribution < 1.29 is 12.3 Å². The quantitative estimate of drug-likeness (QED) is 0.356. The molecular weight excluding hydrogens is 220 g/mol. The van der Waals surface area contributed by atoms with Crippen LogP contribution in [0.1, 0.15) is 19.8 Å². The van der Waals surface area contributed by atoms with E-state index in [4.69, 9.17) is 12.3 Å². The van der Waals surface area contributed by atoms with Crippen molar-refractivity contribution in [3.63, 3.8) is 0 Å². The fraction of sp³-hybridized carbons (Fsp3) is 0.800. The van der Waals surface area contributed by atoms with Crippen molar-refractivity contribution in [1.82, 2.24) is 0 Å². The fourth-order valence-corrected chi connectivity index (χ4v) is 7.28. The molecule has 0 saturated carbocycles. The molecule has 1 atom stereocenters. The third-order valence-electron chi connectivity index (χ3n) is 1.47. The predicted octanol–water partition coefficient (Wildman–Crippen LogP) is -2.18. The molecule has 0 aromatic carbocycles. The molecule has 73 valence electrons. The zero-order chi connectivity index (χ0) is 9.23. The van der Waals surface area contributed by atoms with Crippen LogP contribution in [0.4, 0.5) is 0 Å². The first-order valence-electron chi connectivity index (χ1n) is 4.25. The topological polar surface area (TPSA) is 27.7 Å². The van der Waals surface area contributed by atoms with Gasteiger partial charge in [-0.25, -0.2) is 0 Å². The molecule has 0 saturated heterocycles. The highest BCUT2D eigenvalue weighted by Gasteiger charge is 2.01. The van der Waals surface area contributed by atoms with E-state index >= 15 is 0 Å². The zero-order valence-corrected chi connectivity index (χ0v) is 14.3. The number of hydrogen-bond acceptors (Lipinski definition) is 3.